The molecule has 0 spiro atoms. The lowest BCUT2D eigenvalue weighted by atomic mass is 10.0. The van der Waals surface area contributed by atoms with Gasteiger partial charge < -0.3 is 19.5 Å². The molecule has 2 atom stereocenters. The van der Waals surface area contributed by atoms with Gasteiger partial charge in [0.1, 0.15) is 24.2 Å². The summed E-state index contributed by atoms with van der Waals surface area (Å²) in [5, 5.41) is 12.2. The highest BCUT2D eigenvalue weighted by Crippen LogP contribution is 2.34. The number of nitrogens with one attached hydrogen (secondary N) is 1. The number of morpholine rings is 1. The molecule has 0 aromatic heterocycles. The lowest BCUT2D eigenvalue weighted by Gasteiger charge is -2.33. The predicted molar refractivity (Wildman–Crippen MR) is 125 cm³/mol. The van der Waals surface area contributed by atoms with Gasteiger partial charge in [0.25, 0.3) is 5.91 Å². The molecule has 2 aromatic carbocycles. The second-order valence-corrected chi connectivity index (χ2v) is 9.17. The molecule has 0 bridgehead atoms. The van der Waals surface area contributed by atoms with Crippen molar-refractivity contribution in [3.8, 4) is 5.75 Å². The molecule has 3 aliphatic rings. The molecule has 5 rings (SSSR count). The van der Waals surface area contributed by atoms with Gasteiger partial charge in [-0.15, -0.1) is 0 Å². The fourth-order valence-corrected chi connectivity index (χ4v) is 5.06. The minimum absolute atomic E-state index is 0.0451. The maximum absolute atomic E-state index is 15.0. The quantitative estimate of drug-likeness (QED) is 0.559. The van der Waals surface area contributed by atoms with Crippen LogP contribution in [0.15, 0.2) is 36.4 Å². The van der Waals surface area contributed by atoms with E-state index in [-0.39, 0.29) is 50.5 Å². The molecular weight excluding hydrogens is 469 g/mol. The van der Waals surface area contributed by atoms with E-state index < -0.39 is 17.8 Å². The van der Waals surface area contributed by atoms with Crippen LogP contribution < -0.4 is 10.1 Å². The average Bonchev–Trinajstić information content (AvgIpc) is 3.21. The minimum Gasteiger partial charge on any atom is -0.488 e. The number of carbonyl (C=O) groups is 3. The monoisotopic (exact) mass is 497 g/mol. The van der Waals surface area contributed by atoms with Gasteiger partial charge in [0, 0.05) is 36.2 Å². The number of amides is 3. The van der Waals surface area contributed by atoms with Gasteiger partial charge >= 0.3 is 0 Å². The van der Waals surface area contributed by atoms with E-state index in [1.54, 1.807) is 30.3 Å². The first-order chi connectivity index (χ1) is 17.5. The number of nitrogens with zero attached hydrogens (tertiary/aromatic N) is 2. The average molecular weight is 498 g/mol. The number of carbonyl (C=O) groups excluding carboxylic acids is 3. The lowest BCUT2D eigenvalue weighted by Crippen LogP contribution is -2.52. The Bertz CT molecular complexity index is 1180. The summed E-state index contributed by atoms with van der Waals surface area (Å²) in [7, 11) is 0. The van der Waals surface area contributed by atoms with Gasteiger partial charge in [-0.25, -0.2) is 4.39 Å². The molecular formula is C26H28FN3O6. The number of imide groups is 1. The number of rotatable bonds is 7. The van der Waals surface area contributed by atoms with E-state index >= 15 is 0 Å². The van der Waals surface area contributed by atoms with Gasteiger partial charge in [-0.1, -0.05) is 18.2 Å². The normalized spacial score (nSPS) is 21.3. The molecule has 2 aromatic rings. The van der Waals surface area contributed by atoms with E-state index in [9.17, 15) is 23.9 Å². The SMILES string of the molecule is O=C1CC[C@H](N2Cc3c(OCc4ccc(C(CO)N5CCOCC5)cc4F)cccc3C2=O)C(=O)N1. The number of ether oxygens (including phenoxy) is 2. The standard InChI is InChI=1S/C26H28FN3O6/c27-20-12-16(22(14-31)29-8-10-35-11-9-29)4-5-17(20)15-36-23-3-1-2-18-19(23)13-30(26(18)34)21-6-7-24(32)28-25(21)33/h1-5,12,21-22,31H,6-11,13-15H2,(H,28,32,33)/t21-,22?/m0/s1. The van der Waals surface area contributed by atoms with Crippen LogP contribution in [0.4, 0.5) is 4.39 Å². The van der Waals surface area contributed by atoms with Crippen molar-refractivity contribution in [2.45, 2.75) is 38.1 Å². The van der Waals surface area contributed by atoms with E-state index in [0.717, 1.165) is 0 Å². The van der Waals surface area contributed by atoms with Crippen molar-refractivity contribution < 1.29 is 33.4 Å². The molecule has 0 radical (unpaired) electrons. The molecule has 36 heavy (non-hydrogen) atoms. The Kier molecular flexibility index (Phi) is 6.99. The summed E-state index contributed by atoms with van der Waals surface area (Å²) in [5.74, 6) is -1.10. The van der Waals surface area contributed by atoms with Gasteiger partial charge in [-0.2, -0.15) is 0 Å². The van der Waals surface area contributed by atoms with Crippen molar-refractivity contribution in [3.05, 3.63) is 64.5 Å². The molecule has 9 nitrogen and oxygen atoms in total. The van der Waals surface area contributed by atoms with Gasteiger partial charge in [-0.05, 0) is 30.2 Å². The van der Waals surface area contributed by atoms with Crippen LogP contribution in [0.5, 0.6) is 5.75 Å². The predicted octanol–water partition coefficient (Wildman–Crippen LogP) is 1.53. The number of benzene rings is 2. The summed E-state index contributed by atoms with van der Waals surface area (Å²) in [4.78, 5) is 40.3. The van der Waals surface area contributed by atoms with Crippen LogP contribution in [0.25, 0.3) is 0 Å². The van der Waals surface area contributed by atoms with E-state index in [1.165, 1.54) is 11.0 Å². The van der Waals surface area contributed by atoms with E-state index in [2.05, 4.69) is 10.2 Å². The second kappa shape index (κ2) is 10.3. The van der Waals surface area contributed by atoms with Crippen LogP contribution in [0.2, 0.25) is 0 Å². The Morgan fingerprint density at radius 3 is 2.69 bits per heavy atom. The van der Waals surface area contributed by atoms with Gasteiger partial charge in [0.2, 0.25) is 11.8 Å². The molecule has 0 saturated carbocycles. The Morgan fingerprint density at radius 2 is 1.97 bits per heavy atom. The van der Waals surface area contributed by atoms with Crippen molar-refractivity contribution in [3.63, 3.8) is 0 Å². The number of hydrogen-bond donors (Lipinski definition) is 2. The molecule has 2 fully saturated rings. The molecule has 1 unspecified atom stereocenters. The topological polar surface area (TPSA) is 108 Å². The molecule has 3 amide bonds. The van der Waals surface area contributed by atoms with Crippen molar-refractivity contribution in [2.75, 3.05) is 32.9 Å². The highest BCUT2D eigenvalue weighted by Gasteiger charge is 2.40. The third-order valence-corrected chi connectivity index (χ3v) is 7.04. The maximum Gasteiger partial charge on any atom is 0.255 e. The first-order valence-corrected chi connectivity index (χ1v) is 12.1. The zero-order valence-corrected chi connectivity index (χ0v) is 19.7. The first kappa shape index (κ1) is 24.4. The molecule has 2 saturated heterocycles. The van der Waals surface area contributed by atoms with Crippen molar-refractivity contribution in [1.29, 1.82) is 0 Å². The number of aliphatic hydroxyl groups is 1. The van der Waals surface area contributed by atoms with Gasteiger partial charge in [-0.3, -0.25) is 24.6 Å². The Morgan fingerprint density at radius 1 is 1.17 bits per heavy atom. The smallest absolute Gasteiger partial charge is 0.255 e. The third kappa shape index (κ3) is 4.71. The van der Waals surface area contributed by atoms with E-state index in [0.29, 0.717) is 54.3 Å². The Labute approximate surface area is 207 Å². The first-order valence-electron chi connectivity index (χ1n) is 12.1. The van der Waals surface area contributed by atoms with Crippen LogP contribution >= 0.6 is 0 Å². The van der Waals surface area contributed by atoms with Crippen molar-refractivity contribution in [1.82, 2.24) is 15.1 Å². The van der Waals surface area contributed by atoms with Crippen LogP contribution in [-0.2, 0) is 27.5 Å². The van der Waals surface area contributed by atoms with Gasteiger partial charge in [0.05, 0.1) is 32.4 Å². The molecule has 0 aliphatic carbocycles. The van der Waals surface area contributed by atoms with Crippen LogP contribution in [0.3, 0.4) is 0 Å². The van der Waals surface area contributed by atoms with E-state index in [1.807, 2.05) is 0 Å². The highest BCUT2D eigenvalue weighted by atomic mass is 19.1. The second-order valence-electron chi connectivity index (χ2n) is 9.17. The largest absolute Gasteiger partial charge is 0.488 e. The van der Waals surface area contributed by atoms with Crippen LogP contribution in [-0.4, -0.2) is 71.6 Å². The summed E-state index contributed by atoms with van der Waals surface area (Å²) in [6, 6.07) is 8.93. The number of halogens is 1. The molecule has 2 N–H and O–H groups in total. The Hall–Kier alpha value is -3.34. The Balaban J connectivity index is 1.29. The zero-order valence-electron chi connectivity index (χ0n) is 19.7. The summed E-state index contributed by atoms with van der Waals surface area (Å²) < 4.78 is 26.3. The fourth-order valence-electron chi connectivity index (χ4n) is 5.06. The summed E-state index contributed by atoms with van der Waals surface area (Å²) in [5.41, 5.74) is 2.11. The van der Waals surface area contributed by atoms with Crippen LogP contribution in [0, 0.1) is 5.82 Å². The summed E-state index contributed by atoms with van der Waals surface area (Å²) in [6.45, 7) is 2.51. The van der Waals surface area contributed by atoms with Crippen molar-refractivity contribution >= 4 is 17.7 Å². The number of fused-ring (bicyclic) bond motifs is 1. The number of aliphatic hydroxyl groups excluding tert-OH is 1. The summed E-state index contributed by atoms with van der Waals surface area (Å²) in [6.07, 6.45) is 0.454. The highest BCUT2D eigenvalue weighted by molar-refractivity contribution is 6.05. The third-order valence-electron chi connectivity index (χ3n) is 7.04. The van der Waals surface area contributed by atoms with Crippen molar-refractivity contribution in [2.24, 2.45) is 0 Å². The van der Waals surface area contributed by atoms with Crippen LogP contribution in [0.1, 0.15) is 45.9 Å². The minimum atomic E-state index is -0.716. The zero-order chi connectivity index (χ0) is 25.2. The molecule has 3 aliphatic heterocycles. The number of piperidine rings is 1. The molecule has 190 valence electrons. The lowest BCUT2D eigenvalue weighted by molar-refractivity contribution is -0.136. The molecule has 3 heterocycles. The number of hydrogen-bond acceptors (Lipinski definition) is 7. The maximum atomic E-state index is 15.0. The van der Waals surface area contributed by atoms with E-state index in [4.69, 9.17) is 9.47 Å². The fraction of sp³-hybridized carbons (Fsp3) is 0.423. The summed E-state index contributed by atoms with van der Waals surface area (Å²) >= 11 is 0. The molecule has 10 heteroatoms. The van der Waals surface area contributed by atoms with Gasteiger partial charge in [0.15, 0.2) is 0 Å².